The van der Waals surface area contributed by atoms with Gasteiger partial charge in [0, 0.05) is 32.5 Å². The molecule has 0 aliphatic rings. The van der Waals surface area contributed by atoms with Crippen molar-refractivity contribution in [2.45, 2.75) is 195 Å². The van der Waals surface area contributed by atoms with Gasteiger partial charge < -0.3 is 10.2 Å². The number of carbonyl (C=O) groups excluding carboxylic acids is 2. The van der Waals surface area contributed by atoms with Gasteiger partial charge in [0.25, 0.3) is 0 Å². The molecule has 0 fully saturated rings. The molecule has 0 rings (SSSR count). The highest BCUT2D eigenvalue weighted by Gasteiger charge is 2.26. The van der Waals surface area contributed by atoms with Crippen LogP contribution in [0.25, 0.3) is 0 Å². The zero-order chi connectivity index (χ0) is 30.4. The molecule has 0 aliphatic carbocycles. The first-order chi connectivity index (χ1) is 20.0. The lowest BCUT2D eigenvalue weighted by Gasteiger charge is -2.31. The fraction of sp³-hybridized carbons (Fsp3) is 0.946. The van der Waals surface area contributed by atoms with E-state index < -0.39 is 0 Å². The lowest BCUT2D eigenvalue weighted by atomic mass is 9.90. The lowest BCUT2D eigenvalue weighted by Crippen LogP contribution is -2.41. The van der Waals surface area contributed by atoms with Crippen LogP contribution in [0.5, 0.6) is 0 Å². The first kappa shape index (κ1) is 39.9. The van der Waals surface area contributed by atoms with Gasteiger partial charge in [0.05, 0.1) is 0 Å². The maximum atomic E-state index is 14.2. The second-order valence-corrected chi connectivity index (χ2v) is 13.0. The number of hydrogen-bond acceptors (Lipinski definition) is 2. The molecule has 0 aliphatic heterocycles. The lowest BCUT2D eigenvalue weighted by molar-refractivity contribution is -0.137. The normalized spacial score (nSPS) is 12.8. The zero-order valence-electron chi connectivity index (χ0n) is 28.7. The van der Waals surface area contributed by atoms with Crippen molar-refractivity contribution >= 4 is 11.8 Å². The van der Waals surface area contributed by atoms with Crippen LogP contribution in [0.3, 0.4) is 0 Å². The Morgan fingerprint density at radius 3 is 1.37 bits per heavy atom. The third-order valence-corrected chi connectivity index (χ3v) is 8.86. The fourth-order valence-corrected chi connectivity index (χ4v) is 6.18. The van der Waals surface area contributed by atoms with E-state index in [1.54, 1.807) is 6.92 Å². The summed E-state index contributed by atoms with van der Waals surface area (Å²) in [7, 11) is 0. The monoisotopic (exact) mass is 579 g/mol. The van der Waals surface area contributed by atoms with Gasteiger partial charge in [-0.3, -0.25) is 9.59 Å². The number of hydrogen-bond donors (Lipinski definition) is 1. The minimum absolute atomic E-state index is 0.0247. The minimum Gasteiger partial charge on any atom is -0.356 e. The van der Waals surface area contributed by atoms with E-state index >= 15 is 0 Å². The molecule has 0 aromatic heterocycles. The zero-order valence-corrected chi connectivity index (χ0v) is 28.7. The molecule has 244 valence electrons. The fourth-order valence-electron chi connectivity index (χ4n) is 6.18. The van der Waals surface area contributed by atoms with Gasteiger partial charge in [-0.05, 0) is 38.0 Å². The van der Waals surface area contributed by atoms with E-state index in [2.05, 4.69) is 37.9 Å². The molecule has 0 saturated carbocycles. The van der Waals surface area contributed by atoms with Crippen LogP contribution in [-0.2, 0) is 9.59 Å². The predicted octanol–water partition coefficient (Wildman–Crippen LogP) is 11.0. The summed E-state index contributed by atoms with van der Waals surface area (Å²) in [5.74, 6) is 1.22. The van der Waals surface area contributed by atoms with Gasteiger partial charge in [-0.1, -0.05) is 156 Å². The van der Waals surface area contributed by atoms with E-state index in [0.717, 1.165) is 32.4 Å². The molecule has 0 bridgehead atoms. The van der Waals surface area contributed by atoms with E-state index in [-0.39, 0.29) is 11.8 Å². The number of unbranched alkanes of at least 4 members (excludes halogenated alkanes) is 16. The molecule has 4 nitrogen and oxygen atoms in total. The quantitative estimate of drug-likeness (QED) is 0.0832. The Hall–Kier alpha value is -1.06. The Bertz CT molecular complexity index is 579. The number of nitrogens with zero attached hydrogens (tertiary/aromatic N) is 1. The molecule has 4 heteroatoms. The first-order valence-electron chi connectivity index (χ1n) is 18.5. The second kappa shape index (κ2) is 30.4. The predicted molar refractivity (Wildman–Crippen MR) is 180 cm³/mol. The first-order valence-corrected chi connectivity index (χ1v) is 18.5. The summed E-state index contributed by atoms with van der Waals surface area (Å²) >= 11 is 0. The van der Waals surface area contributed by atoms with Gasteiger partial charge in [-0.2, -0.15) is 0 Å². The Morgan fingerprint density at radius 1 is 0.537 bits per heavy atom. The molecule has 0 heterocycles. The molecule has 1 N–H and O–H groups in total. The van der Waals surface area contributed by atoms with Crippen LogP contribution in [0.1, 0.15) is 195 Å². The van der Waals surface area contributed by atoms with Crippen molar-refractivity contribution < 1.29 is 9.59 Å². The van der Waals surface area contributed by atoms with Crippen molar-refractivity contribution in [2.24, 2.45) is 11.8 Å². The summed E-state index contributed by atoms with van der Waals surface area (Å²) in [6, 6.07) is 0. The average Bonchev–Trinajstić information content (AvgIpc) is 2.96. The van der Waals surface area contributed by atoms with Crippen LogP contribution in [0.2, 0.25) is 0 Å². The van der Waals surface area contributed by atoms with Crippen molar-refractivity contribution in [1.29, 1.82) is 0 Å². The maximum Gasteiger partial charge on any atom is 0.225 e. The van der Waals surface area contributed by atoms with Crippen LogP contribution in [0.15, 0.2) is 0 Å². The highest BCUT2D eigenvalue weighted by Crippen LogP contribution is 2.25. The summed E-state index contributed by atoms with van der Waals surface area (Å²) in [5, 5.41) is 2.96. The topological polar surface area (TPSA) is 49.4 Å². The van der Waals surface area contributed by atoms with Crippen molar-refractivity contribution in [2.75, 3.05) is 19.6 Å². The third-order valence-electron chi connectivity index (χ3n) is 8.86. The smallest absolute Gasteiger partial charge is 0.225 e. The standard InChI is InChI=1S/C37H74N2O2/c1-6-10-14-18-20-23-28-35(27-22-16-12-8-3)33-39(32-26-31-38-34(5)40)37(41)36(29-24-17-13-9-4)30-25-21-19-15-11-7-2/h35-36H,6-33H2,1-5H3,(H,38,40). The number of rotatable bonds is 31. The summed E-state index contributed by atoms with van der Waals surface area (Å²) in [6.45, 7) is 13.1. The highest BCUT2D eigenvalue weighted by atomic mass is 16.2. The molecule has 2 amide bonds. The van der Waals surface area contributed by atoms with E-state index in [4.69, 9.17) is 0 Å². The Balaban J connectivity index is 5.42. The van der Waals surface area contributed by atoms with E-state index in [0.29, 0.717) is 18.4 Å². The van der Waals surface area contributed by atoms with Crippen molar-refractivity contribution in [1.82, 2.24) is 10.2 Å². The van der Waals surface area contributed by atoms with Gasteiger partial charge in [0.2, 0.25) is 11.8 Å². The van der Waals surface area contributed by atoms with Gasteiger partial charge in [-0.25, -0.2) is 0 Å². The molecular weight excluding hydrogens is 504 g/mol. The number of nitrogens with one attached hydrogen (secondary N) is 1. The molecule has 2 atom stereocenters. The molecule has 0 radical (unpaired) electrons. The van der Waals surface area contributed by atoms with Gasteiger partial charge in [0.15, 0.2) is 0 Å². The highest BCUT2D eigenvalue weighted by molar-refractivity contribution is 5.78. The summed E-state index contributed by atoms with van der Waals surface area (Å²) in [5.41, 5.74) is 0. The molecular formula is C37H74N2O2. The Morgan fingerprint density at radius 2 is 0.927 bits per heavy atom. The summed E-state index contributed by atoms with van der Waals surface area (Å²) in [6.07, 6.45) is 31.3. The van der Waals surface area contributed by atoms with Crippen LogP contribution in [0.4, 0.5) is 0 Å². The SMILES string of the molecule is CCCCCCCCC(CCCCCC)CN(CCCNC(C)=O)C(=O)C(CCCCCC)CCCCCCCC. The van der Waals surface area contributed by atoms with Crippen LogP contribution >= 0.6 is 0 Å². The van der Waals surface area contributed by atoms with Crippen molar-refractivity contribution in [3.63, 3.8) is 0 Å². The number of amides is 2. The second-order valence-electron chi connectivity index (χ2n) is 13.0. The maximum absolute atomic E-state index is 14.2. The van der Waals surface area contributed by atoms with Crippen molar-refractivity contribution in [3.8, 4) is 0 Å². The van der Waals surface area contributed by atoms with Crippen molar-refractivity contribution in [3.05, 3.63) is 0 Å². The third kappa shape index (κ3) is 25.2. The Kier molecular flexibility index (Phi) is 29.6. The number of carbonyl (C=O) groups is 2. The molecule has 0 aromatic carbocycles. The average molecular weight is 579 g/mol. The Labute approximate surface area is 258 Å². The summed E-state index contributed by atoms with van der Waals surface area (Å²) in [4.78, 5) is 27.9. The van der Waals surface area contributed by atoms with E-state index in [1.807, 2.05) is 0 Å². The van der Waals surface area contributed by atoms with Crippen LogP contribution < -0.4 is 5.32 Å². The van der Waals surface area contributed by atoms with Crippen LogP contribution in [0, 0.1) is 11.8 Å². The molecule has 41 heavy (non-hydrogen) atoms. The van der Waals surface area contributed by atoms with Gasteiger partial charge in [-0.15, -0.1) is 0 Å². The minimum atomic E-state index is 0.0247. The largest absolute Gasteiger partial charge is 0.356 e. The summed E-state index contributed by atoms with van der Waals surface area (Å²) < 4.78 is 0. The molecule has 0 aromatic rings. The molecule has 0 saturated heterocycles. The van der Waals surface area contributed by atoms with E-state index in [9.17, 15) is 9.59 Å². The van der Waals surface area contributed by atoms with Gasteiger partial charge >= 0.3 is 0 Å². The van der Waals surface area contributed by atoms with Crippen LogP contribution in [-0.4, -0.2) is 36.3 Å². The molecule has 2 unspecified atom stereocenters. The van der Waals surface area contributed by atoms with Gasteiger partial charge in [0.1, 0.15) is 0 Å². The molecule has 0 spiro atoms. The van der Waals surface area contributed by atoms with E-state index in [1.165, 1.54) is 141 Å².